The highest BCUT2D eigenvalue weighted by Gasteiger charge is 2.19. The molecule has 1 aromatic rings. The van der Waals surface area contributed by atoms with Crippen LogP contribution in [0.5, 0.6) is 0 Å². The Morgan fingerprint density at radius 1 is 1.67 bits per heavy atom. The van der Waals surface area contributed by atoms with Gasteiger partial charge in [-0.05, 0) is 6.07 Å². The first-order chi connectivity index (χ1) is 7.28. The quantitative estimate of drug-likeness (QED) is 0.736. The fourth-order valence-corrected chi connectivity index (χ4v) is 1.84. The molecule has 2 N–H and O–H groups in total. The minimum absolute atomic E-state index is 0.183. The summed E-state index contributed by atoms with van der Waals surface area (Å²) >= 11 is 0. The fourth-order valence-electron chi connectivity index (χ4n) is 1.84. The molecule has 0 radical (unpaired) electrons. The Morgan fingerprint density at radius 2 is 2.53 bits per heavy atom. The van der Waals surface area contributed by atoms with Crippen molar-refractivity contribution < 1.29 is 4.74 Å². The molecule has 1 aliphatic rings. The van der Waals surface area contributed by atoms with Gasteiger partial charge in [0.2, 0.25) is 0 Å². The highest BCUT2D eigenvalue weighted by Crippen LogP contribution is 2.08. The zero-order valence-electron chi connectivity index (χ0n) is 9.09. The van der Waals surface area contributed by atoms with Gasteiger partial charge in [0.25, 0.3) is 0 Å². The van der Waals surface area contributed by atoms with Crippen molar-refractivity contribution >= 4 is 0 Å². The molecule has 0 amide bonds. The van der Waals surface area contributed by atoms with Gasteiger partial charge in [-0.1, -0.05) is 0 Å². The number of nitrogens with zero attached hydrogens (tertiary/aromatic N) is 3. The Balaban J connectivity index is 1.88. The van der Waals surface area contributed by atoms with Gasteiger partial charge in [0.05, 0.1) is 18.4 Å². The van der Waals surface area contributed by atoms with Gasteiger partial charge in [-0.3, -0.25) is 9.58 Å². The van der Waals surface area contributed by atoms with Crippen molar-refractivity contribution in [3.63, 3.8) is 0 Å². The average Bonchev–Trinajstić information content (AvgIpc) is 2.64. The molecule has 1 fully saturated rings. The van der Waals surface area contributed by atoms with E-state index < -0.39 is 0 Å². The zero-order valence-corrected chi connectivity index (χ0v) is 9.09. The van der Waals surface area contributed by atoms with Crippen LogP contribution in [0.15, 0.2) is 12.3 Å². The molecule has 1 atom stereocenters. The second-order valence-corrected chi connectivity index (χ2v) is 3.94. The minimum atomic E-state index is 0.183. The third-order valence-corrected chi connectivity index (χ3v) is 2.64. The summed E-state index contributed by atoms with van der Waals surface area (Å²) in [6.07, 6.45) is 2.15. The average molecular weight is 210 g/mol. The lowest BCUT2D eigenvalue weighted by Crippen LogP contribution is -2.45. The molecule has 0 spiro atoms. The van der Waals surface area contributed by atoms with Crippen LogP contribution in [0.1, 0.15) is 5.69 Å². The number of morpholine rings is 1. The third-order valence-electron chi connectivity index (χ3n) is 2.64. The number of aromatic nitrogens is 2. The van der Waals surface area contributed by atoms with Crippen LogP contribution in [0.4, 0.5) is 0 Å². The number of hydrogen-bond donors (Lipinski definition) is 1. The molecule has 0 aliphatic carbocycles. The van der Waals surface area contributed by atoms with Crippen LogP contribution in [0.3, 0.4) is 0 Å². The number of nitrogens with two attached hydrogens (primary N) is 1. The van der Waals surface area contributed by atoms with Crippen molar-refractivity contribution in [1.29, 1.82) is 0 Å². The second-order valence-electron chi connectivity index (χ2n) is 3.94. The van der Waals surface area contributed by atoms with E-state index in [1.165, 1.54) is 0 Å². The predicted octanol–water partition coefficient (Wildman–Crippen LogP) is -0.420. The minimum Gasteiger partial charge on any atom is -0.374 e. The zero-order chi connectivity index (χ0) is 10.7. The first-order valence-electron chi connectivity index (χ1n) is 5.30. The van der Waals surface area contributed by atoms with Crippen molar-refractivity contribution in [2.75, 3.05) is 26.2 Å². The number of rotatable bonds is 3. The van der Waals surface area contributed by atoms with Gasteiger partial charge in [0.1, 0.15) is 0 Å². The molecule has 1 aliphatic heterocycles. The first-order valence-corrected chi connectivity index (χ1v) is 5.30. The summed E-state index contributed by atoms with van der Waals surface area (Å²) < 4.78 is 7.34. The van der Waals surface area contributed by atoms with Crippen LogP contribution in [0, 0.1) is 0 Å². The van der Waals surface area contributed by atoms with Gasteiger partial charge in [0.15, 0.2) is 0 Å². The smallest absolute Gasteiger partial charge is 0.0824 e. The lowest BCUT2D eigenvalue weighted by Gasteiger charge is -2.31. The molecule has 2 rings (SSSR count). The topological polar surface area (TPSA) is 56.3 Å². The van der Waals surface area contributed by atoms with E-state index in [0.717, 1.165) is 31.9 Å². The summed E-state index contributed by atoms with van der Waals surface area (Å²) in [5, 5.41) is 4.36. The Bertz CT molecular complexity index is 312. The normalized spacial score (nSPS) is 23.2. The van der Waals surface area contributed by atoms with Crippen molar-refractivity contribution in [2.45, 2.75) is 12.6 Å². The van der Waals surface area contributed by atoms with Crippen LogP contribution in [0.2, 0.25) is 0 Å². The largest absolute Gasteiger partial charge is 0.374 e. The third kappa shape index (κ3) is 2.77. The van der Waals surface area contributed by atoms with E-state index in [1.807, 2.05) is 24.0 Å². The van der Waals surface area contributed by atoms with Crippen LogP contribution in [0.25, 0.3) is 0 Å². The van der Waals surface area contributed by atoms with E-state index in [1.54, 1.807) is 0 Å². The van der Waals surface area contributed by atoms with E-state index in [0.29, 0.717) is 6.54 Å². The summed E-state index contributed by atoms with van der Waals surface area (Å²) in [5.41, 5.74) is 6.70. The summed E-state index contributed by atoms with van der Waals surface area (Å²) in [4.78, 5) is 2.34. The summed E-state index contributed by atoms with van der Waals surface area (Å²) in [6, 6.07) is 2.05. The number of ether oxygens (including phenoxy) is 1. The van der Waals surface area contributed by atoms with E-state index in [4.69, 9.17) is 10.5 Å². The van der Waals surface area contributed by atoms with E-state index in [2.05, 4.69) is 10.00 Å². The molecular weight excluding hydrogens is 192 g/mol. The molecule has 15 heavy (non-hydrogen) atoms. The number of hydrogen-bond acceptors (Lipinski definition) is 4. The van der Waals surface area contributed by atoms with Gasteiger partial charge in [-0.25, -0.2) is 0 Å². The molecular formula is C10H18N4O. The van der Waals surface area contributed by atoms with Crippen LogP contribution >= 0.6 is 0 Å². The molecule has 5 heteroatoms. The van der Waals surface area contributed by atoms with Crippen molar-refractivity contribution in [1.82, 2.24) is 14.7 Å². The maximum atomic E-state index is 5.59. The molecule has 2 heterocycles. The van der Waals surface area contributed by atoms with Gasteiger partial charge in [0, 0.05) is 39.4 Å². The first kappa shape index (κ1) is 10.6. The van der Waals surface area contributed by atoms with Crippen LogP contribution in [-0.4, -0.2) is 47.0 Å². The predicted molar refractivity (Wildman–Crippen MR) is 57.3 cm³/mol. The van der Waals surface area contributed by atoms with Gasteiger partial charge in [-0.15, -0.1) is 0 Å². The van der Waals surface area contributed by atoms with Crippen LogP contribution < -0.4 is 5.73 Å². The standard InChI is InChI=1S/C10H18N4O/c1-13-3-2-9(12-13)7-14-4-5-15-10(6-11)8-14/h2-3,10H,4-8,11H2,1H3. The van der Waals surface area contributed by atoms with Crippen LogP contribution in [-0.2, 0) is 18.3 Å². The fraction of sp³-hybridized carbons (Fsp3) is 0.700. The van der Waals surface area contributed by atoms with Crippen molar-refractivity contribution in [2.24, 2.45) is 12.8 Å². The maximum Gasteiger partial charge on any atom is 0.0824 e. The molecule has 0 saturated carbocycles. The Morgan fingerprint density at radius 3 is 3.20 bits per heavy atom. The number of aryl methyl sites for hydroxylation is 1. The molecule has 1 unspecified atom stereocenters. The van der Waals surface area contributed by atoms with E-state index in [-0.39, 0.29) is 6.10 Å². The summed E-state index contributed by atoms with van der Waals surface area (Å²) in [5.74, 6) is 0. The van der Waals surface area contributed by atoms with Gasteiger partial charge in [-0.2, -0.15) is 5.10 Å². The highest BCUT2D eigenvalue weighted by molar-refractivity contribution is 4.98. The molecule has 5 nitrogen and oxygen atoms in total. The molecule has 1 saturated heterocycles. The summed E-state index contributed by atoms with van der Waals surface area (Å²) in [6.45, 7) is 4.13. The monoisotopic (exact) mass is 210 g/mol. The Hall–Kier alpha value is -0.910. The SMILES string of the molecule is Cn1ccc(CN2CCOC(CN)C2)n1. The summed E-state index contributed by atoms with van der Waals surface area (Å²) in [7, 11) is 1.94. The van der Waals surface area contributed by atoms with E-state index in [9.17, 15) is 0 Å². The molecule has 0 aromatic carbocycles. The lowest BCUT2D eigenvalue weighted by atomic mass is 10.2. The Kier molecular flexibility index (Phi) is 3.35. The van der Waals surface area contributed by atoms with Crippen molar-refractivity contribution in [3.8, 4) is 0 Å². The highest BCUT2D eigenvalue weighted by atomic mass is 16.5. The molecule has 0 bridgehead atoms. The molecule has 1 aromatic heterocycles. The second kappa shape index (κ2) is 4.74. The maximum absolute atomic E-state index is 5.59. The van der Waals surface area contributed by atoms with Crippen molar-refractivity contribution in [3.05, 3.63) is 18.0 Å². The Labute approximate surface area is 89.8 Å². The van der Waals surface area contributed by atoms with Gasteiger partial charge < -0.3 is 10.5 Å². The van der Waals surface area contributed by atoms with Gasteiger partial charge >= 0.3 is 0 Å². The molecule has 84 valence electrons. The lowest BCUT2D eigenvalue weighted by molar-refractivity contribution is -0.0264. The van der Waals surface area contributed by atoms with E-state index >= 15 is 0 Å².